The van der Waals surface area contributed by atoms with Crippen LogP contribution in [0.1, 0.15) is 60.2 Å². The Bertz CT molecular complexity index is 857. The fourth-order valence-corrected chi connectivity index (χ4v) is 4.90. The van der Waals surface area contributed by atoms with Crippen LogP contribution in [0.15, 0.2) is 5.16 Å². The van der Waals surface area contributed by atoms with Gasteiger partial charge in [0.15, 0.2) is 5.16 Å². The van der Waals surface area contributed by atoms with Crippen molar-refractivity contribution in [3.05, 3.63) is 28.6 Å². The standard InChI is InChI=1S/C20H28N6OS/c1-13-16(14(2)22-20(21-13)28-3)8-9-18(27)25-10-4-6-15(12-25)19-24-23-17-7-5-11-26(17)19/h15H,4-12H2,1-3H3/t15-/m0/s1. The van der Waals surface area contributed by atoms with Crippen LogP contribution in [0.25, 0.3) is 0 Å². The Hall–Kier alpha value is -1.96. The summed E-state index contributed by atoms with van der Waals surface area (Å²) in [5.74, 6) is 2.72. The van der Waals surface area contributed by atoms with Gasteiger partial charge in [-0.15, -0.1) is 10.2 Å². The van der Waals surface area contributed by atoms with Crippen molar-refractivity contribution in [1.82, 2.24) is 29.6 Å². The molecule has 2 aromatic heterocycles. The van der Waals surface area contributed by atoms with Gasteiger partial charge in [0.05, 0.1) is 0 Å². The Morgan fingerprint density at radius 3 is 2.68 bits per heavy atom. The quantitative estimate of drug-likeness (QED) is 0.567. The van der Waals surface area contributed by atoms with E-state index in [1.54, 1.807) is 11.8 Å². The number of nitrogens with zero attached hydrogens (tertiary/aromatic N) is 6. The third-order valence-corrected chi connectivity index (χ3v) is 6.50. The number of aryl methyl sites for hydroxylation is 3. The molecule has 0 spiro atoms. The van der Waals surface area contributed by atoms with Crippen LogP contribution in [-0.4, -0.2) is 54.9 Å². The van der Waals surface area contributed by atoms with Gasteiger partial charge in [0.1, 0.15) is 11.6 Å². The van der Waals surface area contributed by atoms with Crippen LogP contribution in [0.4, 0.5) is 0 Å². The van der Waals surface area contributed by atoms with Gasteiger partial charge >= 0.3 is 0 Å². The third-order valence-electron chi connectivity index (χ3n) is 5.95. The van der Waals surface area contributed by atoms with Gasteiger partial charge in [0.25, 0.3) is 0 Å². The second kappa shape index (κ2) is 8.19. The number of likely N-dealkylation sites (tertiary alicyclic amines) is 1. The maximum absolute atomic E-state index is 12.9. The highest BCUT2D eigenvalue weighted by Crippen LogP contribution is 2.29. The molecule has 2 aromatic rings. The van der Waals surface area contributed by atoms with E-state index in [1.165, 1.54) is 0 Å². The monoisotopic (exact) mass is 400 g/mol. The summed E-state index contributed by atoms with van der Waals surface area (Å²) in [6, 6.07) is 0. The SMILES string of the molecule is CSc1nc(C)c(CCC(=O)N2CCC[C@H](c3nnc4n3CCC4)C2)c(C)n1. The smallest absolute Gasteiger partial charge is 0.222 e. The molecule has 28 heavy (non-hydrogen) atoms. The maximum Gasteiger partial charge on any atom is 0.222 e. The highest BCUT2D eigenvalue weighted by molar-refractivity contribution is 7.98. The van der Waals surface area contributed by atoms with Crippen molar-refractivity contribution in [1.29, 1.82) is 0 Å². The Balaban J connectivity index is 1.40. The second-order valence-electron chi connectivity index (χ2n) is 7.77. The average Bonchev–Trinajstić information content (AvgIpc) is 3.30. The van der Waals surface area contributed by atoms with Gasteiger partial charge in [-0.3, -0.25) is 4.79 Å². The Morgan fingerprint density at radius 2 is 1.93 bits per heavy atom. The van der Waals surface area contributed by atoms with E-state index in [0.29, 0.717) is 18.8 Å². The molecule has 0 bridgehead atoms. The number of aromatic nitrogens is 5. The van der Waals surface area contributed by atoms with Crippen LogP contribution in [0.5, 0.6) is 0 Å². The van der Waals surface area contributed by atoms with Crippen LogP contribution in [-0.2, 0) is 24.2 Å². The minimum absolute atomic E-state index is 0.221. The van der Waals surface area contributed by atoms with Crippen LogP contribution in [0.2, 0.25) is 0 Å². The van der Waals surface area contributed by atoms with Gasteiger partial charge < -0.3 is 9.47 Å². The molecule has 0 aromatic carbocycles. The van der Waals surface area contributed by atoms with E-state index in [2.05, 4.69) is 24.7 Å². The number of piperidine rings is 1. The first kappa shape index (κ1) is 19.4. The van der Waals surface area contributed by atoms with E-state index < -0.39 is 0 Å². The molecule has 4 rings (SSSR count). The van der Waals surface area contributed by atoms with Crippen molar-refractivity contribution in [3.63, 3.8) is 0 Å². The van der Waals surface area contributed by atoms with E-state index in [1.807, 2.05) is 25.0 Å². The molecule has 7 nitrogen and oxygen atoms in total. The first-order valence-electron chi connectivity index (χ1n) is 10.1. The van der Waals surface area contributed by atoms with Crippen molar-refractivity contribution in [2.24, 2.45) is 0 Å². The summed E-state index contributed by atoms with van der Waals surface area (Å²) < 4.78 is 2.27. The molecule has 0 unspecified atom stereocenters. The summed E-state index contributed by atoms with van der Waals surface area (Å²) in [5.41, 5.74) is 3.08. The highest BCUT2D eigenvalue weighted by atomic mass is 32.2. The molecule has 1 fully saturated rings. The molecule has 1 amide bonds. The average molecular weight is 401 g/mol. The fourth-order valence-electron chi connectivity index (χ4n) is 4.44. The lowest BCUT2D eigenvalue weighted by atomic mass is 9.96. The van der Waals surface area contributed by atoms with Crippen molar-refractivity contribution < 1.29 is 4.79 Å². The lowest BCUT2D eigenvalue weighted by molar-refractivity contribution is -0.132. The molecule has 0 saturated carbocycles. The molecule has 150 valence electrons. The molecular weight excluding hydrogens is 372 g/mol. The largest absolute Gasteiger partial charge is 0.342 e. The molecule has 0 radical (unpaired) electrons. The molecule has 0 N–H and O–H groups in total. The lowest BCUT2D eigenvalue weighted by Crippen LogP contribution is -2.40. The van der Waals surface area contributed by atoms with Crippen LogP contribution >= 0.6 is 11.8 Å². The normalized spacial score (nSPS) is 19.1. The maximum atomic E-state index is 12.9. The molecule has 0 aliphatic carbocycles. The Morgan fingerprint density at radius 1 is 1.14 bits per heavy atom. The lowest BCUT2D eigenvalue weighted by Gasteiger charge is -2.32. The van der Waals surface area contributed by atoms with Gasteiger partial charge in [-0.1, -0.05) is 11.8 Å². The van der Waals surface area contributed by atoms with E-state index in [4.69, 9.17) is 0 Å². The summed E-state index contributed by atoms with van der Waals surface area (Å²) in [6.45, 7) is 6.65. The minimum Gasteiger partial charge on any atom is -0.342 e. The predicted molar refractivity (Wildman–Crippen MR) is 109 cm³/mol. The zero-order valence-electron chi connectivity index (χ0n) is 16.9. The number of thioether (sulfide) groups is 1. The zero-order chi connectivity index (χ0) is 19.7. The van der Waals surface area contributed by atoms with Crippen molar-refractivity contribution in [2.45, 2.75) is 70.0 Å². The topological polar surface area (TPSA) is 76.8 Å². The third kappa shape index (κ3) is 3.79. The predicted octanol–water partition coefficient (Wildman–Crippen LogP) is 2.69. The molecule has 4 heterocycles. The highest BCUT2D eigenvalue weighted by Gasteiger charge is 2.30. The summed E-state index contributed by atoms with van der Waals surface area (Å²) in [5, 5.41) is 9.59. The number of fused-ring (bicyclic) bond motifs is 1. The number of carbonyl (C=O) groups is 1. The van der Waals surface area contributed by atoms with E-state index in [0.717, 1.165) is 79.1 Å². The number of rotatable bonds is 5. The van der Waals surface area contributed by atoms with Crippen LogP contribution < -0.4 is 0 Å². The number of hydrogen-bond donors (Lipinski definition) is 0. The molecule has 2 aliphatic heterocycles. The number of hydrogen-bond acceptors (Lipinski definition) is 6. The van der Waals surface area contributed by atoms with Gasteiger partial charge in [-0.25, -0.2) is 9.97 Å². The summed E-state index contributed by atoms with van der Waals surface area (Å²) >= 11 is 1.55. The second-order valence-corrected chi connectivity index (χ2v) is 8.54. The van der Waals surface area contributed by atoms with Gasteiger partial charge in [-0.2, -0.15) is 0 Å². The Kier molecular flexibility index (Phi) is 5.66. The molecule has 8 heteroatoms. The first-order chi connectivity index (χ1) is 13.6. The van der Waals surface area contributed by atoms with E-state index in [9.17, 15) is 4.79 Å². The van der Waals surface area contributed by atoms with Crippen LogP contribution in [0, 0.1) is 13.8 Å². The molecular formula is C20H28N6OS. The zero-order valence-corrected chi connectivity index (χ0v) is 17.8. The molecule has 1 saturated heterocycles. The Labute approximate surface area is 170 Å². The molecule has 1 atom stereocenters. The van der Waals surface area contributed by atoms with Crippen molar-refractivity contribution in [3.8, 4) is 0 Å². The van der Waals surface area contributed by atoms with Gasteiger partial charge in [0, 0.05) is 49.8 Å². The van der Waals surface area contributed by atoms with Gasteiger partial charge in [-0.05, 0) is 51.3 Å². The van der Waals surface area contributed by atoms with Crippen LogP contribution in [0.3, 0.4) is 0 Å². The minimum atomic E-state index is 0.221. The summed E-state index contributed by atoms with van der Waals surface area (Å²) in [4.78, 5) is 24.0. The first-order valence-corrected chi connectivity index (χ1v) is 11.4. The number of carbonyl (C=O) groups excluding carboxylic acids is 1. The van der Waals surface area contributed by atoms with E-state index in [-0.39, 0.29) is 5.91 Å². The summed E-state index contributed by atoms with van der Waals surface area (Å²) in [7, 11) is 0. The van der Waals surface area contributed by atoms with Crippen molar-refractivity contribution >= 4 is 17.7 Å². The summed E-state index contributed by atoms with van der Waals surface area (Å²) in [6.07, 6.45) is 7.49. The van der Waals surface area contributed by atoms with E-state index >= 15 is 0 Å². The number of amides is 1. The van der Waals surface area contributed by atoms with Crippen molar-refractivity contribution in [2.75, 3.05) is 19.3 Å². The van der Waals surface area contributed by atoms with Gasteiger partial charge in [0.2, 0.25) is 5.91 Å². The fraction of sp³-hybridized carbons (Fsp3) is 0.650. The molecule has 2 aliphatic rings.